The number of benzene rings is 2. The maximum Gasteiger partial charge on any atom is 0.416 e. The number of amides is 1. The molecule has 1 fully saturated rings. The van der Waals surface area contributed by atoms with Crippen molar-refractivity contribution in [3.8, 4) is 5.75 Å². The van der Waals surface area contributed by atoms with Gasteiger partial charge in [0.05, 0.1) is 5.60 Å². The summed E-state index contributed by atoms with van der Waals surface area (Å²) in [5.41, 5.74) is 2.36. The Hall–Kier alpha value is -3.15. The number of hydrogen-bond acceptors (Lipinski definition) is 4. The van der Waals surface area contributed by atoms with Gasteiger partial charge in [-0.15, -0.1) is 0 Å². The topological polar surface area (TPSA) is 61.8 Å². The predicted molar refractivity (Wildman–Crippen MR) is 131 cm³/mol. The molecule has 5 heteroatoms. The van der Waals surface area contributed by atoms with Gasteiger partial charge in [-0.25, -0.2) is 4.79 Å². The molecular weight excluding hydrogens is 412 g/mol. The van der Waals surface area contributed by atoms with Gasteiger partial charge in [-0.05, 0) is 61.6 Å². The van der Waals surface area contributed by atoms with E-state index >= 15 is 0 Å². The first-order valence-corrected chi connectivity index (χ1v) is 11.7. The van der Waals surface area contributed by atoms with Crippen LogP contribution < -0.4 is 10.1 Å². The Morgan fingerprint density at radius 3 is 2.52 bits per heavy atom. The molecule has 5 nitrogen and oxygen atoms in total. The zero-order valence-electron chi connectivity index (χ0n) is 19.0. The van der Waals surface area contributed by atoms with E-state index in [0.717, 1.165) is 56.6 Å². The second-order valence-corrected chi connectivity index (χ2v) is 8.71. The van der Waals surface area contributed by atoms with Crippen LogP contribution in [-0.2, 0) is 12.0 Å². The van der Waals surface area contributed by atoms with Crippen molar-refractivity contribution in [2.75, 3.05) is 19.6 Å². The molecule has 1 saturated heterocycles. The summed E-state index contributed by atoms with van der Waals surface area (Å²) in [7, 11) is 0. The molecular formula is C28H32N2O3. The lowest BCUT2D eigenvalue weighted by Gasteiger charge is -2.38. The number of carbonyl (C=O) groups is 1. The van der Waals surface area contributed by atoms with Crippen LogP contribution in [0.2, 0.25) is 0 Å². The minimum Gasteiger partial charge on any atom is -0.410 e. The maximum atomic E-state index is 12.1. The van der Waals surface area contributed by atoms with Gasteiger partial charge in [-0.2, -0.15) is 0 Å². The lowest BCUT2D eigenvalue weighted by Crippen LogP contribution is -2.42. The highest BCUT2D eigenvalue weighted by atomic mass is 16.6. The van der Waals surface area contributed by atoms with Crippen LogP contribution in [0.15, 0.2) is 90.7 Å². The zero-order chi connectivity index (χ0) is 22.9. The van der Waals surface area contributed by atoms with Gasteiger partial charge in [0.1, 0.15) is 5.75 Å². The fourth-order valence-corrected chi connectivity index (χ4v) is 4.35. The molecule has 0 aromatic heterocycles. The predicted octanol–water partition coefficient (Wildman–Crippen LogP) is 5.09. The summed E-state index contributed by atoms with van der Waals surface area (Å²) in [5.74, 6) is 0.535. The van der Waals surface area contributed by atoms with Crippen LogP contribution in [0.4, 0.5) is 4.79 Å². The lowest BCUT2D eigenvalue weighted by molar-refractivity contribution is -0.0259. The van der Waals surface area contributed by atoms with Crippen LogP contribution in [0.3, 0.4) is 0 Å². The van der Waals surface area contributed by atoms with Crippen molar-refractivity contribution in [2.24, 2.45) is 0 Å². The average Bonchev–Trinajstić information content (AvgIpc) is 3.11. The molecule has 4 rings (SSSR count). The second-order valence-electron chi connectivity index (χ2n) is 8.71. The summed E-state index contributed by atoms with van der Waals surface area (Å²) in [4.78, 5) is 14.6. The number of nitrogens with one attached hydrogen (secondary N) is 1. The van der Waals surface area contributed by atoms with Crippen molar-refractivity contribution in [3.63, 3.8) is 0 Å². The molecule has 1 aliphatic heterocycles. The van der Waals surface area contributed by atoms with Crippen LogP contribution in [0, 0.1) is 0 Å². The summed E-state index contributed by atoms with van der Waals surface area (Å²) >= 11 is 0. The number of nitrogens with zero attached hydrogens (tertiary/aromatic N) is 1. The van der Waals surface area contributed by atoms with Crippen molar-refractivity contribution < 1.29 is 14.6 Å². The van der Waals surface area contributed by atoms with Gasteiger partial charge < -0.3 is 14.7 Å². The van der Waals surface area contributed by atoms with Gasteiger partial charge in [-0.3, -0.25) is 5.32 Å². The molecule has 0 saturated carbocycles. The fourth-order valence-electron chi connectivity index (χ4n) is 4.35. The van der Waals surface area contributed by atoms with E-state index in [1.54, 1.807) is 0 Å². The summed E-state index contributed by atoms with van der Waals surface area (Å²) in [6.45, 7) is 2.84. The molecule has 1 amide bonds. The molecule has 33 heavy (non-hydrogen) atoms. The first-order valence-electron chi connectivity index (χ1n) is 11.7. The molecule has 2 N–H and O–H groups in total. The number of ether oxygens (including phenoxy) is 1. The van der Waals surface area contributed by atoms with E-state index in [4.69, 9.17) is 4.74 Å². The number of aryl methyl sites for hydroxylation is 1. The van der Waals surface area contributed by atoms with Crippen molar-refractivity contribution in [2.45, 2.75) is 37.7 Å². The smallest absolute Gasteiger partial charge is 0.410 e. The SMILES string of the molecule is O=C(NC1=CC=CC=CC1)Oc1ccc(CCCN2CCC(O)(c3ccccc3)CC2)cc1. The Balaban J connectivity index is 1.17. The number of likely N-dealkylation sites (tertiary alicyclic amines) is 1. The van der Waals surface area contributed by atoms with E-state index in [0.29, 0.717) is 12.2 Å². The maximum absolute atomic E-state index is 12.1. The van der Waals surface area contributed by atoms with E-state index < -0.39 is 11.7 Å². The summed E-state index contributed by atoms with van der Waals surface area (Å²) < 4.78 is 5.40. The van der Waals surface area contributed by atoms with Gasteiger partial charge in [-0.1, -0.05) is 66.8 Å². The first kappa shape index (κ1) is 23.0. The zero-order valence-corrected chi connectivity index (χ0v) is 19.0. The third kappa shape index (κ3) is 6.67. The Morgan fingerprint density at radius 1 is 1.00 bits per heavy atom. The third-order valence-corrected chi connectivity index (χ3v) is 6.32. The Bertz CT molecular complexity index is 1000. The van der Waals surface area contributed by atoms with Crippen LogP contribution in [0.5, 0.6) is 5.75 Å². The van der Waals surface area contributed by atoms with E-state index in [-0.39, 0.29) is 0 Å². The molecule has 0 spiro atoms. The van der Waals surface area contributed by atoms with Crippen LogP contribution in [0.25, 0.3) is 0 Å². The van der Waals surface area contributed by atoms with Crippen LogP contribution in [0.1, 0.15) is 36.8 Å². The largest absolute Gasteiger partial charge is 0.416 e. The molecule has 0 bridgehead atoms. The van der Waals surface area contributed by atoms with Crippen molar-refractivity contribution in [3.05, 3.63) is 102 Å². The highest BCUT2D eigenvalue weighted by Crippen LogP contribution is 2.32. The summed E-state index contributed by atoms with van der Waals surface area (Å²) in [5, 5.41) is 13.8. The minimum absolute atomic E-state index is 0.474. The Morgan fingerprint density at radius 2 is 1.76 bits per heavy atom. The molecule has 2 aromatic rings. The minimum atomic E-state index is -0.694. The Labute approximate surface area is 196 Å². The number of allylic oxidation sites excluding steroid dienone is 5. The number of carbonyl (C=O) groups excluding carboxylic acids is 1. The standard InChI is InChI=1S/C28H32N2O3/c31-27(29-25-12-6-1-2-7-13-25)33-26-16-14-23(15-17-26)9-8-20-30-21-18-28(32,19-22-30)24-10-4-3-5-11-24/h1-7,10-12,14-17,32H,8-9,13,18-22H2,(H,29,31). The van der Waals surface area contributed by atoms with E-state index in [2.05, 4.69) is 10.2 Å². The highest BCUT2D eigenvalue weighted by molar-refractivity contribution is 5.72. The number of hydrogen-bond donors (Lipinski definition) is 2. The van der Waals surface area contributed by atoms with E-state index in [1.807, 2.05) is 85.0 Å². The molecule has 0 radical (unpaired) electrons. The van der Waals surface area contributed by atoms with Crippen LogP contribution in [-0.4, -0.2) is 35.7 Å². The normalized spacial score (nSPS) is 17.8. The van der Waals surface area contributed by atoms with Crippen molar-refractivity contribution in [1.82, 2.24) is 10.2 Å². The van der Waals surface area contributed by atoms with Crippen LogP contribution >= 0.6 is 0 Å². The van der Waals surface area contributed by atoms with Gasteiger partial charge in [0.2, 0.25) is 0 Å². The molecule has 1 aliphatic carbocycles. The fraction of sp³-hybridized carbons (Fsp3) is 0.321. The van der Waals surface area contributed by atoms with Gasteiger partial charge in [0.15, 0.2) is 0 Å². The summed E-state index contributed by atoms with van der Waals surface area (Å²) in [6.07, 6.45) is 13.4. The summed E-state index contributed by atoms with van der Waals surface area (Å²) in [6, 6.07) is 17.7. The average molecular weight is 445 g/mol. The Kier molecular flexibility index (Phi) is 7.76. The van der Waals surface area contributed by atoms with E-state index in [1.165, 1.54) is 5.56 Å². The number of aliphatic hydroxyl groups is 1. The van der Waals surface area contributed by atoms with Gasteiger partial charge in [0.25, 0.3) is 0 Å². The third-order valence-electron chi connectivity index (χ3n) is 6.32. The second kappa shape index (κ2) is 11.1. The van der Waals surface area contributed by atoms with Crippen molar-refractivity contribution >= 4 is 6.09 Å². The molecule has 0 atom stereocenters. The molecule has 1 heterocycles. The molecule has 172 valence electrons. The monoisotopic (exact) mass is 444 g/mol. The van der Waals surface area contributed by atoms with E-state index in [9.17, 15) is 9.90 Å². The lowest BCUT2D eigenvalue weighted by atomic mass is 9.84. The number of piperidine rings is 1. The quantitative estimate of drug-likeness (QED) is 0.624. The first-order chi connectivity index (χ1) is 16.1. The molecule has 2 aliphatic rings. The van der Waals surface area contributed by atoms with Gasteiger partial charge >= 0.3 is 6.09 Å². The number of rotatable bonds is 7. The highest BCUT2D eigenvalue weighted by Gasteiger charge is 2.33. The molecule has 0 unspecified atom stereocenters. The van der Waals surface area contributed by atoms with Crippen molar-refractivity contribution in [1.29, 1.82) is 0 Å². The molecule has 2 aromatic carbocycles. The van der Waals surface area contributed by atoms with Gasteiger partial charge in [0, 0.05) is 25.2 Å².